The molecule has 2 N–H and O–H groups in total. The van der Waals surface area contributed by atoms with Crippen LogP contribution < -0.4 is 5.30 Å². The van der Waals surface area contributed by atoms with Crippen LogP contribution >= 0.6 is 7.37 Å². The van der Waals surface area contributed by atoms with Crippen LogP contribution in [-0.2, 0) is 15.5 Å². The molecule has 0 fully saturated rings. The minimum absolute atomic E-state index is 0.0249. The number of rotatable bonds is 7. The van der Waals surface area contributed by atoms with Gasteiger partial charge in [0.15, 0.2) is 0 Å². The van der Waals surface area contributed by atoms with Gasteiger partial charge in [0.1, 0.15) is 0 Å². The lowest BCUT2D eigenvalue weighted by Gasteiger charge is -2.19. The fraction of sp³-hybridized carbons (Fsp3) is 0.227. The molecule has 4 nitrogen and oxygen atoms in total. The quantitative estimate of drug-likeness (QED) is 0.570. The second-order valence-electron chi connectivity index (χ2n) is 6.78. The van der Waals surface area contributed by atoms with Crippen LogP contribution in [0.25, 0.3) is 10.8 Å². The van der Waals surface area contributed by atoms with Crippen molar-refractivity contribution in [3.8, 4) is 0 Å². The van der Waals surface area contributed by atoms with Crippen LogP contribution in [0, 0.1) is 0 Å². The van der Waals surface area contributed by atoms with Gasteiger partial charge in [0, 0.05) is 5.30 Å². The zero-order valence-electron chi connectivity index (χ0n) is 15.2. The first-order valence-corrected chi connectivity index (χ1v) is 10.9. The summed E-state index contributed by atoms with van der Waals surface area (Å²) in [4.78, 5) is 22.6. The number of carbonyl (C=O) groups is 1. The Morgan fingerprint density at radius 3 is 2.37 bits per heavy atom. The highest BCUT2D eigenvalue weighted by atomic mass is 31.2. The highest BCUT2D eigenvalue weighted by molar-refractivity contribution is 7.65. The molecule has 2 atom stereocenters. The average Bonchev–Trinajstić information content (AvgIpc) is 2.65. The number of carboxylic acids is 1. The molecule has 3 rings (SSSR count). The minimum atomic E-state index is -3.68. The van der Waals surface area contributed by atoms with Gasteiger partial charge in [-0.15, -0.1) is 0 Å². The van der Waals surface area contributed by atoms with Gasteiger partial charge in [-0.3, -0.25) is 9.36 Å². The Bertz CT molecular complexity index is 998. The third kappa shape index (κ3) is 4.29. The van der Waals surface area contributed by atoms with Crippen molar-refractivity contribution in [2.75, 3.05) is 0 Å². The third-order valence-electron chi connectivity index (χ3n) is 4.77. The molecule has 27 heavy (non-hydrogen) atoms. The number of carboxylic acid groups (broad SMARTS) is 1. The largest absolute Gasteiger partial charge is 0.481 e. The van der Waals surface area contributed by atoms with Crippen molar-refractivity contribution in [2.24, 2.45) is 0 Å². The molecular weight excluding hydrogens is 359 g/mol. The summed E-state index contributed by atoms with van der Waals surface area (Å²) in [6.07, 6.45) is 1.23. The maximum Gasteiger partial charge on any atom is 0.310 e. The fourth-order valence-electron chi connectivity index (χ4n) is 3.44. The Hall–Kier alpha value is -2.42. The van der Waals surface area contributed by atoms with Crippen molar-refractivity contribution in [3.63, 3.8) is 0 Å². The summed E-state index contributed by atoms with van der Waals surface area (Å²) in [6.45, 7) is 1.94. The summed E-state index contributed by atoms with van der Waals surface area (Å²) in [7, 11) is -3.68. The smallest absolute Gasteiger partial charge is 0.310 e. The molecule has 0 saturated heterocycles. The van der Waals surface area contributed by atoms with E-state index in [2.05, 4.69) is 0 Å². The molecule has 0 aliphatic rings. The summed E-state index contributed by atoms with van der Waals surface area (Å²) in [6, 6.07) is 20.0. The van der Waals surface area contributed by atoms with Gasteiger partial charge in [-0.25, -0.2) is 0 Å². The molecule has 0 bridgehead atoms. The SMILES string of the molecule is CCCC(C(=O)O)c1cc(P(=O)(O)Cc2ccccc2)cc2ccccc12. The van der Waals surface area contributed by atoms with Crippen molar-refractivity contribution in [3.05, 3.63) is 77.9 Å². The van der Waals surface area contributed by atoms with Gasteiger partial charge in [-0.2, -0.15) is 0 Å². The molecule has 5 heteroatoms. The Labute approximate surface area is 158 Å². The summed E-state index contributed by atoms with van der Waals surface area (Å²) in [5, 5.41) is 11.6. The Morgan fingerprint density at radius 2 is 1.70 bits per heavy atom. The molecule has 2 unspecified atom stereocenters. The Balaban J connectivity index is 2.14. The normalized spacial score (nSPS) is 14.6. The van der Waals surface area contributed by atoms with E-state index in [0.717, 1.165) is 22.8 Å². The van der Waals surface area contributed by atoms with E-state index in [-0.39, 0.29) is 6.16 Å². The lowest BCUT2D eigenvalue weighted by Crippen LogP contribution is -2.16. The first-order chi connectivity index (χ1) is 12.9. The second-order valence-corrected chi connectivity index (χ2v) is 9.02. The second kappa shape index (κ2) is 8.08. The molecule has 0 heterocycles. The van der Waals surface area contributed by atoms with Gasteiger partial charge < -0.3 is 10.00 Å². The van der Waals surface area contributed by atoms with E-state index >= 15 is 0 Å². The number of hydrogen-bond donors (Lipinski definition) is 2. The van der Waals surface area contributed by atoms with Gasteiger partial charge in [0.25, 0.3) is 0 Å². The van der Waals surface area contributed by atoms with Gasteiger partial charge >= 0.3 is 5.97 Å². The Kier molecular flexibility index (Phi) is 5.79. The van der Waals surface area contributed by atoms with Crippen LogP contribution in [0.5, 0.6) is 0 Å². The van der Waals surface area contributed by atoms with E-state index in [1.54, 1.807) is 12.1 Å². The molecule has 0 saturated carbocycles. The molecule has 0 radical (unpaired) electrons. The van der Waals surface area contributed by atoms with Crippen LogP contribution in [0.15, 0.2) is 66.7 Å². The third-order valence-corrected chi connectivity index (χ3v) is 6.63. The van der Waals surface area contributed by atoms with Crippen LogP contribution in [0.3, 0.4) is 0 Å². The number of benzene rings is 3. The van der Waals surface area contributed by atoms with E-state index in [9.17, 15) is 19.4 Å². The standard InChI is InChI=1S/C22H23O4P/c1-2-8-20(22(23)24)21-14-18(13-17-11-6-7-12-19(17)21)27(25,26)15-16-9-4-3-5-10-16/h3-7,9-14,20H,2,8,15H2,1H3,(H,23,24)(H,25,26). The van der Waals surface area contributed by atoms with Gasteiger partial charge in [0.2, 0.25) is 7.37 Å². The summed E-state index contributed by atoms with van der Waals surface area (Å²) < 4.78 is 13.1. The zero-order chi connectivity index (χ0) is 19.4. The monoisotopic (exact) mass is 382 g/mol. The average molecular weight is 382 g/mol. The molecular formula is C22H23O4P. The maximum absolute atomic E-state index is 13.1. The van der Waals surface area contributed by atoms with E-state index in [1.807, 2.05) is 61.5 Å². The van der Waals surface area contributed by atoms with E-state index in [4.69, 9.17) is 0 Å². The fourth-order valence-corrected chi connectivity index (χ4v) is 5.01. The molecule has 0 aliphatic carbocycles. The van der Waals surface area contributed by atoms with Crippen molar-refractivity contribution < 1.29 is 19.4 Å². The summed E-state index contributed by atoms with van der Waals surface area (Å²) >= 11 is 0. The molecule has 3 aromatic carbocycles. The molecule has 0 aromatic heterocycles. The predicted molar refractivity (Wildman–Crippen MR) is 109 cm³/mol. The van der Waals surface area contributed by atoms with Crippen molar-refractivity contribution in [1.82, 2.24) is 0 Å². The van der Waals surface area contributed by atoms with Crippen LogP contribution in [0.1, 0.15) is 36.8 Å². The van der Waals surface area contributed by atoms with Crippen LogP contribution in [0.4, 0.5) is 0 Å². The van der Waals surface area contributed by atoms with E-state index in [0.29, 0.717) is 17.3 Å². The number of fused-ring (bicyclic) bond motifs is 1. The lowest BCUT2D eigenvalue weighted by atomic mass is 9.90. The molecule has 0 aliphatic heterocycles. The van der Waals surface area contributed by atoms with Crippen molar-refractivity contribution in [2.45, 2.75) is 31.8 Å². The molecule has 140 valence electrons. The van der Waals surface area contributed by atoms with E-state index < -0.39 is 19.3 Å². The molecule has 0 spiro atoms. The zero-order valence-corrected chi connectivity index (χ0v) is 16.1. The first-order valence-electron chi connectivity index (χ1n) is 9.04. The van der Waals surface area contributed by atoms with Gasteiger partial charge in [-0.1, -0.05) is 67.9 Å². The molecule has 3 aromatic rings. The van der Waals surface area contributed by atoms with Gasteiger partial charge in [0.05, 0.1) is 12.1 Å². The highest BCUT2D eigenvalue weighted by Crippen LogP contribution is 2.45. The molecule has 0 amide bonds. The van der Waals surface area contributed by atoms with Gasteiger partial charge in [-0.05, 0) is 40.5 Å². The highest BCUT2D eigenvalue weighted by Gasteiger charge is 2.27. The summed E-state index contributed by atoms with van der Waals surface area (Å²) in [5.74, 6) is -1.61. The minimum Gasteiger partial charge on any atom is -0.481 e. The van der Waals surface area contributed by atoms with E-state index in [1.165, 1.54) is 0 Å². The van der Waals surface area contributed by atoms with Crippen molar-refractivity contribution in [1.29, 1.82) is 0 Å². The first kappa shape index (κ1) is 19.3. The number of aliphatic carboxylic acids is 1. The topological polar surface area (TPSA) is 74.6 Å². The van der Waals surface area contributed by atoms with Crippen LogP contribution in [0.2, 0.25) is 0 Å². The van der Waals surface area contributed by atoms with Crippen molar-refractivity contribution >= 4 is 29.4 Å². The predicted octanol–water partition coefficient (Wildman–Crippen LogP) is 4.90. The summed E-state index contributed by atoms with van der Waals surface area (Å²) in [5.41, 5.74) is 1.39. The van der Waals surface area contributed by atoms with Crippen LogP contribution in [-0.4, -0.2) is 16.0 Å². The maximum atomic E-state index is 13.1. The number of hydrogen-bond acceptors (Lipinski definition) is 2. The Morgan fingerprint density at radius 1 is 1.04 bits per heavy atom. The lowest BCUT2D eigenvalue weighted by molar-refractivity contribution is -0.138.